The van der Waals surface area contributed by atoms with E-state index in [0.717, 1.165) is 5.92 Å². The van der Waals surface area contributed by atoms with Crippen LogP contribution in [0.4, 0.5) is 0 Å². The van der Waals surface area contributed by atoms with Gasteiger partial charge in [0.15, 0.2) is 0 Å². The van der Waals surface area contributed by atoms with Gasteiger partial charge in [-0.25, -0.2) is 0 Å². The van der Waals surface area contributed by atoms with Gasteiger partial charge in [0.1, 0.15) is 0 Å². The van der Waals surface area contributed by atoms with Crippen molar-refractivity contribution in [3.8, 4) is 0 Å². The Kier molecular flexibility index (Phi) is 2.31. The molecule has 0 N–H and O–H groups in total. The van der Waals surface area contributed by atoms with Crippen LogP contribution >= 0.6 is 0 Å². The van der Waals surface area contributed by atoms with E-state index in [2.05, 4.69) is 19.1 Å². The van der Waals surface area contributed by atoms with Gasteiger partial charge in [-0.3, -0.25) is 0 Å². The highest BCUT2D eigenvalue weighted by atomic mass is 14.3. The fourth-order valence-corrected chi connectivity index (χ4v) is 3.47. The summed E-state index contributed by atoms with van der Waals surface area (Å²) in [5.41, 5.74) is 6.94. The lowest BCUT2D eigenvalue weighted by Gasteiger charge is -2.35. The third kappa shape index (κ3) is 1.60. The first-order valence-electron chi connectivity index (χ1n) is 6.40. The molecule has 3 aliphatic carbocycles. The molecule has 0 heteroatoms. The van der Waals surface area contributed by atoms with E-state index in [0.29, 0.717) is 0 Å². The molecule has 1 unspecified atom stereocenters. The molecule has 0 aromatic heterocycles. The molecule has 0 heterocycles. The molecule has 0 radical (unpaired) electrons. The second-order valence-corrected chi connectivity index (χ2v) is 5.33. The van der Waals surface area contributed by atoms with Gasteiger partial charge in [-0.15, -0.1) is 0 Å². The summed E-state index contributed by atoms with van der Waals surface area (Å²) in [6, 6.07) is 0. The summed E-state index contributed by atoms with van der Waals surface area (Å²) in [7, 11) is 0. The van der Waals surface area contributed by atoms with Crippen LogP contribution in [0, 0.1) is 5.92 Å². The first kappa shape index (κ1) is 9.45. The van der Waals surface area contributed by atoms with E-state index < -0.39 is 0 Å². The molecule has 0 amide bonds. The van der Waals surface area contributed by atoms with Crippen LogP contribution in [0.15, 0.2) is 34.4 Å². The fraction of sp³-hybridized carbons (Fsp3) is 0.600. The highest BCUT2D eigenvalue weighted by Gasteiger charge is 2.28. The molecule has 0 aromatic carbocycles. The normalized spacial score (nSPS) is 30.3. The zero-order chi connectivity index (χ0) is 10.3. The minimum Gasteiger partial charge on any atom is -0.0844 e. The number of hydrogen-bond donors (Lipinski definition) is 0. The van der Waals surface area contributed by atoms with Crippen LogP contribution < -0.4 is 0 Å². The van der Waals surface area contributed by atoms with Gasteiger partial charge in [0.2, 0.25) is 0 Å². The van der Waals surface area contributed by atoms with Gasteiger partial charge in [-0.05, 0) is 51.9 Å². The lowest BCUT2D eigenvalue weighted by Crippen LogP contribution is -2.19. The lowest BCUT2D eigenvalue weighted by atomic mass is 9.71. The van der Waals surface area contributed by atoms with Crippen molar-refractivity contribution >= 4 is 0 Å². The molecule has 0 spiro atoms. The van der Waals surface area contributed by atoms with E-state index in [4.69, 9.17) is 0 Å². The molecule has 15 heavy (non-hydrogen) atoms. The monoisotopic (exact) mass is 200 g/mol. The Hall–Kier alpha value is -0.780. The van der Waals surface area contributed by atoms with Crippen molar-refractivity contribution in [3.63, 3.8) is 0 Å². The SMILES string of the molecule is CC1=CCC2C(=CCC3=C2CCCC3)C1. The maximum atomic E-state index is 2.53. The minimum atomic E-state index is 0.817. The van der Waals surface area contributed by atoms with Gasteiger partial charge in [0, 0.05) is 5.92 Å². The predicted octanol–water partition coefficient (Wildman–Crippen LogP) is 4.54. The Morgan fingerprint density at radius 1 is 1.13 bits per heavy atom. The van der Waals surface area contributed by atoms with Crippen LogP contribution in [0.25, 0.3) is 0 Å². The van der Waals surface area contributed by atoms with Gasteiger partial charge in [0.25, 0.3) is 0 Å². The van der Waals surface area contributed by atoms with Gasteiger partial charge in [0.05, 0.1) is 0 Å². The average molecular weight is 200 g/mol. The first-order valence-corrected chi connectivity index (χ1v) is 6.40. The average Bonchev–Trinajstić information content (AvgIpc) is 2.28. The molecule has 0 saturated heterocycles. The van der Waals surface area contributed by atoms with Crippen LogP contribution in [-0.2, 0) is 0 Å². The summed E-state index contributed by atoms with van der Waals surface area (Å²) in [4.78, 5) is 0. The number of fused-ring (bicyclic) bond motifs is 2. The Morgan fingerprint density at radius 3 is 2.93 bits per heavy atom. The Labute approximate surface area is 92.8 Å². The van der Waals surface area contributed by atoms with Crippen molar-refractivity contribution in [2.75, 3.05) is 0 Å². The van der Waals surface area contributed by atoms with Crippen LogP contribution in [-0.4, -0.2) is 0 Å². The van der Waals surface area contributed by atoms with Crippen molar-refractivity contribution in [3.05, 3.63) is 34.4 Å². The van der Waals surface area contributed by atoms with E-state index in [1.54, 1.807) is 16.7 Å². The number of rotatable bonds is 0. The van der Waals surface area contributed by atoms with Crippen molar-refractivity contribution in [2.45, 2.75) is 51.9 Å². The van der Waals surface area contributed by atoms with Crippen LogP contribution in [0.5, 0.6) is 0 Å². The maximum absolute atomic E-state index is 2.53. The quantitative estimate of drug-likeness (QED) is 0.503. The van der Waals surface area contributed by atoms with Gasteiger partial charge >= 0.3 is 0 Å². The Morgan fingerprint density at radius 2 is 2.00 bits per heavy atom. The second-order valence-electron chi connectivity index (χ2n) is 5.33. The maximum Gasteiger partial charge on any atom is 0.00476 e. The highest BCUT2D eigenvalue weighted by molar-refractivity contribution is 5.38. The van der Waals surface area contributed by atoms with Crippen LogP contribution in [0.1, 0.15) is 51.9 Å². The van der Waals surface area contributed by atoms with Crippen molar-refractivity contribution in [1.82, 2.24) is 0 Å². The number of allylic oxidation sites excluding steroid dienone is 6. The second kappa shape index (κ2) is 3.66. The zero-order valence-electron chi connectivity index (χ0n) is 9.68. The summed E-state index contributed by atoms with van der Waals surface area (Å²) >= 11 is 0. The van der Waals surface area contributed by atoms with Gasteiger partial charge in [-0.2, -0.15) is 0 Å². The van der Waals surface area contributed by atoms with E-state index in [1.165, 1.54) is 44.9 Å². The topological polar surface area (TPSA) is 0 Å². The van der Waals surface area contributed by atoms with Crippen LogP contribution in [0.3, 0.4) is 0 Å². The van der Waals surface area contributed by atoms with Gasteiger partial charge in [-0.1, -0.05) is 34.4 Å². The zero-order valence-corrected chi connectivity index (χ0v) is 9.68. The van der Waals surface area contributed by atoms with Crippen molar-refractivity contribution in [2.24, 2.45) is 5.92 Å². The Bertz CT molecular complexity index is 365. The third-order valence-corrected chi connectivity index (χ3v) is 4.29. The molecule has 0 fully saturated rings. The molecular formula is C15H20. The molecule has 0 aromatic rings. The van der Waals surface area contributed by atoms with E-state index in [9.17, 15) is 0 Å². The standard InChI is InChI=1S/C15H20/c1-11-6-9-15-13(10-11)8-7-12-4-2-3-5-14(12)15/h6,8,15H,2-5,7,9-10H2,1H3. The minimum absolute atomic E-state index is 0.817. The van der Waals surface area contributed by atoms with E-state index in [1.807, 2.05) is 5.57 Å². The van der Waals surface area contributed by atoms with Crippen molar-refractivity contribution < 1.29 is 0 Å². The summed E-state index contributed by atoms with van der Waals surface area (Å²) < 4.78 is 0. The number of hydrogen-bond acceptors (Lipinski definition) is 0. The molecule has 0 bridgehead atoms. The van der Waals surface area contributed by atoms with Crippen LogP contribution in [0.2, 0.25) is 0 Å². The molecule has 1 atom stereocenters. The molecule has 0 nitrogen and oxygen atoms in total. The van der Waals surface area contributed by atoms with E-state index >= 15 is 0 Å². The summed E-state index contributed by atoms with van der Waals surface area (Å²) in [6.45, 7) is 2.28. The largest absolute Gasteiger partial charge is 0.0844 e. The predicted molar refractivity (Wildman–Crippen MR) is 64.7 cm³/mol. The molecule has 0 saturated carbocycles. The fourth-order valence-electron chi connectivity index (χ4n) is 3.47. The summed E-state index contributed by atoms with van der Waals surface area (Å²) in [5.74, 6) is 0.817. The molecular weight excluding hydrogens is 180 g/mol. The van der Waals surface area contributed by atoms with Gasteiger partial charge < -0.3 is 0 Å². The molecule has 3 aliphatic rings. The highest BCUT2D eigenvalue weighted by Crippen LogP contribution is 2.44. The van der Waals surface area contributed by atoms with Crippen molar-refractivity contribution in [1.29, 1.82) is 0 Å². The lowest BCUT2D eigenvalue weighted by molar-refractivity contribution is 0.549. The summed E-state index contributed by atoms with van der Waals surface area (Å²) in [6.07, 6.45) is 14.5. The first-order chi connectivity index (χ1) is 7.34. The summed E-state index contributed by atoms with van der Waals surface area (Å²) in [5, 5.41) is 0. The van der Waals surface area contributed by atoms with E-state index in [-0.39, 0.29) is 0 Å². The smallest absolute Gasteiger partial charge is 0.00476 e. The Balaban J connectivity index is 1.93. The molecule has 0 aliphatic heterocycles. The molecule has 3 rings (SSSR count). The third-order valence-electron chi connectivity index (χ3n) is 4.29. The molecule has 80 valence electrons.